The molecule has 0 fully saturated rings. The van der Waals surface area contributed by atoms with E-state index < -0.39 is 0 Å². The summed E-state index contributed by atoms with van der Waals surface area (Å²) in [6.45, 7) is 1.85. The number of likely N-dealkylation sites (N-methyl/N-ethyl adjacent to an activating group) is 1. The predicted octanol–water partition coefficient (Wildman–Crippen LogP) is 1.80. The number of aliphatic hydroxyl groups is 1. The molecule has 0 aromatic heterocycles. The maximum Gasteiger partial charge on any atom is 0.232 e. The van der Waals surface area contributed by atoms with Crippen LogP contribution in [-0.2, 0) is 11.2 Å². The van der Waals surface area contributed by atoms with Crippen LogP contribution in [0.25, 0.3) is 0 Å². The van der Waals surface area contributed by atoms with Gasteiger partial charge in [-0.3, -0.25) is 4.79 Å². The summed E-state index contributed by atoms with van der Waals surface area (Å²) in [5, 5.41) is 8.97. The third-order valence-corrected chi connectivity index (χ3v) is 3.87. The summed E-state index contributed by atoms with van der Waals surface area (Å²) in [6, 6.07) is 10.2. The molecule has 0 spiro atoms. The van der Waals surface area contributed by atoms with Crippen LogP contribution in [0.3, 0.4) is 0 Å². The van der Waals surface area contributed by atoms with E-state index in [9.17, 15) is 4.79 Å². The normalized spacial score (nSPS) is 12.2. The Hall–Kier alpha value is -1.00. The van der Waals surface area contributed by atoms with Crippen LogP contribution in [0.1, 0.15) is 12.5 Å². The molecule has 1 unspecified atom stereocenters. The lowest BCUT2D eigenvalue weighted by Crippen LogP contribution is -2.38. The predicted molar refractivity (Wildman–Crippen MR) is 76.8 cm³/mol. The quantitative estimate of drug-likeness (QED) is 0.766. The average Bonchev–Trinajstić information content (AvgIpc) is 2.42. The fourth-order valence-electron chi connectivity index (χ4n) is 1.46. The van der Waals surface area contributed by atoms with Gasteiger partial charge in [0, 0.05) is 7.05 Å². The van der Waals surface area contributed by atoms with Crippen LogP contribution in [0.4, 0.5) is 0 Å². The summed E-state index contributed by atoms with van der Waals surface area (Å²) < 4.78 is 0. The molecule has 0 aliphatic carbocycles. The van der Waals surface area contributed by atoms with Gasteiger partial charge in [-0.05, 0) is 24.7 Å². The highest BCUT2D eigenvalue weighted by molar-refractivity contribution is 7.99. The van der Waals surface area contributed by atoms with Crippen LogP contribution in [0.15, 0.2) is 30.3 Å². The highest BCUT2D eigenvalue weighted by Gasteiger charge is 2.14. The highest BCUT2D eigenvalue weighted by Crippen LogP contribution is 2.08. The maximum atomic E-state index is 11.7. The number of nitrogens with zero attached hydrogens (tertiary/aromatic N) is 1. The Morgan fingerprint density at radius 1 is 1.39 bits per heavy atom. The first kappa shape index (κ1) is 15.1. The lowest BCUT2D eigenvalue weighted by atomic mass is 10.2. The Balaban J connectivity index is 2.20. The average molecular weight is 267 g/mol. The monoisotopic (exact) mass is 267 g/mol. The maximum absolute atomic E-state index is 11.7. The van der Waals surface area contributed by atoms with Gasteiger partial charge in [0.05, 0.1) is 18.4 Å². The van der Waals surface area contributed by atoms with E-state index in [0.29, 0.717) is 5.75 Å². The highest BCUT2D eigenvalue weighted by atomic mass is 32.2. The van der Waals surface area contributed by atoms with Crippen molar-refractivity contribution in [3.8, 4) is 0 Å². The van der Waals surface area contributed by atoms with E-state index in [1.54, 1.807) is 23.7 Å². The van der Waals surface area contributed by atoms with Crippen LogP contribution in [0, 0.1) is 0 Å². The van der Waals surface area contributed by atoms with Crippen molar-refractivity contribution in [3.63, 3.8) is 0 Å². The summed E-state index contributed by atoms with van der Waals surface area (Å²) in [4.78, 5) is 13.4. The van der Waals surface area contributed by atoms with Gasteiger partial charge in [0.2, 0.25) is 5.91 Å². The minimum Gasteiger partial charge on any atom is -0.394 e. The number of aliphatic hydroxyl groups excluding tert-OH is 1. The van der Waals surface area contributed by atoms with Gasteiger partial charge < -0.3 is 10.0 Å². The fourth-order valence-corrected chi connectivity index (χ4v) is 2.37. The number of rotatable bonds is 7. The Kier molecular flexibility index (Phi) is 6.83. The molecule has 1 rings (SSSR count). The van der Waals surface area contributed by atoms with Crippen molar-refractivity contribution in [2.75, 3.05) is 25.2 Å². The molecule has 0 heterocycles. The van der Waals surface area contributed by atoms with Crippen molar-refractivity contribution in [2.45, 2.75) is 19.4 Å². The van der Waals surface area contributed by atoms with Crippen LogP contribution < -0.4 is 0 Å². The number of benzene rings is 1. The third-order valence-electron chi connectivity index (χ3n) is 2.92. The minimum absolute atomic E-state index is 0.0108. The van der Waals surface area contributed by atoms with E-state index in [0.717, 1.165) is 12.2 Å². The van der Waals surface area contributed by atoms with Crippen LogP contribution in [-0.4, -0.2) is 47.1 Å². The molecule has 100 valence electrons. The molecule has 0 saturated heterocycles. The topological polar surface area (TPSA) is 40.5 Å². The molecule has 0 radical (unpaired) electrons. The first-order valence-electron chi connectivity index (χ1n) is 6.13. The van der Waals surface area contributed by atoms with Crippen molar-refractivity contribution in [1.29, 1.82) is 0 Å². The largest absolute Gasteiger partial charge is 0.394 e. The Labute approximate surface area is 113 Å². The van der Waals surface area contributed by atoms with E-state index >= 15 is 0 Å². The van der Waals surface area contributed by atoms with Crippen molar-refractivity contribution in [2.24, 2.45) is 0 Å². The van der Waals surface area contributed by atoms with Crippen molar-refractivity contribution >= 4 is 17.7 Å². The molecule has 1 atom stereocenters. The van der Waals surface area contributed by atoms with E-state index in [1.807, 2.05) is 25.1 Å². The van der Waals surface area contributed by atoms with Gasteiger partial charge in [0.1, 0.15) is 0 Å². The van der Waals surface area contributed by atoms with Crippen molar-refractivity contribution < 1.29 is 9.90 Å². The number of aryl methyl sites for hydroxylation is 1. The Morgan fingerprint density at radius 2 is 2.06 bits per heavy atom. The molecule has 0 bridgehead atoms. The second kappa shape index (κ2) is 8.16. The molecule has 4 heteroatoms. The van der Waals surface area contributed by atoms with Crippen LogP contribution in [0.2, 0.25) is 0 Å². The smallest absolute Gasteiger partial charge is 0.232 e. The van der Waals surface area contributed by atoms with Crippen molar-refractivity contribution in [1.82, 2.24) is 4.90 Å². The summed E-state index contributed by atoms with van der Waals surface area (Å²) >= 11 is 1.64. The van der Waals surface area contributed by atoms with Crippen LogP contribution >= 0.6 is 11.8 Å². The zero-order valence-corrected chi connectivity index (χ0v) is 11.8. The van der Waals surface area contributed by atoms with E-state index in [4.69, 9.17) is 5.11 Å². The molecule has 1 amide bonds. The van der Waals surface area contributed by atoms with Gasteiger partial charge in [0.25, 0.3) is 0 Å². The fraction of sp³-hybridized carbons (Fsp3) is 0.500. The molecule has 0 aliphatic rings. The van der Waals surface area contributed by atoms with Gasteiger partial charge in [0.15, 0.2) is 0 Å². The molecular formula is C14H21NO2S. The molecule has 0 saturated carbocycles. The van der Waals surface area contributed by atoms with E-state index in [-0.39, 0.29) is 18.6 Å². The first-order chi connectivity index (χ1) is 8.65. The number of amides is 1. The zero-order valence-electron chi connectivity index (χ0n) is 11.0. The Morgan fingerprint density at radius 3 is 2.67 bits per heavy atom. The number of thioether (sulfide) groups is 1. The summed E-state index contributed by atoms with van der Waals surface area (Å²) in [5.41, 5.74) is 1.30. The number of carbonyl (C=O) groups excluding carboxylic acids is 1. The summed E-state index contributed by atoms with van der Waals surface area (Å²) in [7, 11) is 1.74. The molecule has 1 aromatic carbocycles. The summed E-state index contributed by atoms with van der Waals surface area (Å²) in [5.74, 6) is 1.50. The first-order valence-corrected chi connectivity index (χ1v) is 7.28. The second-order valence-electron chi connectivity index (χ2n) is 4.32. The minimum atomic E-state index is -0.104. The van der Waals surface area contributed by atoms with Gasteiger partial charge in [-0.2, -0.15) is 11.8 Å². The van der Waals surface area contributed by atoms with Crippen molar-refractivity contribution in [3.05, 3.63) is 35.9 Å². The zero-order chi connectivity index (χ0) is 13.4. The van der Waals surface area contributed by atoms with Gasteiger partial charge >= 0.3 is 0 Å². The molecule has 3 nitrogen and oxygen atoms in total. The molecule has 1 N–H and O–H groups in total. The van der Waals surface area contributed by atoms with Gasteiger partial charge in [-0.1, -0.05) is 30.3 Å². The molecule has 1 aromatic rings. The standard InChI is InChI=1S/C14H21NO2S/c1-12(10-16)15(2)14(17)11-18-9-8-13-6-4-3-5-7-13/h3-7,12,16H,8-11H2,1-2H3. The summed E-state index contributed by atoms with van der Waals surface area (Å²) in [6.07, 6.45) is 0.984. The van der Waals surface area contributed by atoms with Gasteiger partial charge in [-0.25, -0.2) is 0 Å². The molecule has 0 aliphatic heterocycles. The lowest BCUT2D eigenvalue weighted by Gasteiger charge is -2.22. The lowest BCUT2D eigenvalue weighted by molar-refractivity contribution is -0.129. The van der Waals surface area contributed by atoms with Crippen LogP contribution in [0.5, 0.6) is 0 Å². The number of hydrogen-bond acceptors (Lipinski definition) is 3. The van der Waals surface area contributed by atoms with Gasteiger partial charge in [-0.15, -0.1) is 0 Å². The third kappa shape index (κ3) is 5.10. The number of hydrogen-bond donors (Lipinski definition) is 1. The Bertz CT molecular complexity index is 356. The number of carbonyl (C=O) groups is 1. The van der Waals surface area contributed by atoms with E-state index in [1.165, 1.54) is 5.56 Å². The second-order valence-corrected chi connectivity index (χ2v) is 5.43. The molecule has 18 heavy (non-hydrogen) atoms. The SMILES string of the molecule is CC(CO)N(C)C(=O)CSCCc1ccccc1. The van der Waals surface area contributed by atoms with E-state index in [2.05, 4.69) is 12.1 Å². The molecular weight excluding hydrogens is 246 g/mol.